The highest BCUT2D eigenvalue weighted by atomic mass is 16.6. The molecule has 0 atom stereocenters. The molecule has 3 heterocycles. The standard InChI is InChI=1S/C30H30N6O3/c1-30(2,3)39-29(38)34-24-12-14-35(15-13-24)28(37)23-10-8-21(9-11-23)25-19-36-26(17-33-27(36)18-32-25)22-6-4-20(16-31)5-7-22/h4-11,17-19,24H,12-15H2,1-3H3,(H,34,38). The molecular weight excluding hydrogens is 492 g/mol. The van der Waals surface area contributed by atoms with Gasteiger partial charge in [-0.2, -0.15) is 5.26 Å². The predicted molar refractivity (Wildman–Crippen MR) is 147 cm³/mol. The van der Waals surface area contributed by atoms with E-state index >= 15 is 0 Å². The Bertz CT molecular complexity index is 1540. The number of alkyl carbamates (subject to hydrolysis) is 1. The summed E-state index contributed by atoms with van der Waals surface area (Å²) >= 11 is 0. The normalized spacial score (nSPS) is 14.2. The molecule has 198 valence electrons. The number of carbonyl (C=O) groups is 2. The van der Waals surface area contributed by atoms with Gasteiger partial charge in [0.1, 0.15) is 5.60 Å². The maximum Gasteiger partial charge on any atom is 0.407 e. The van der Waals surface area contributed by atoms with Gasteiger partial charge in [0.2, 0.25) is 0 Å². The van der Waals surface area contributed by atoms with Crippen molar-refractivity contribution in [3.05, 3.63) is 78.2 Å². The highest BCUT2D eigenvalue weighted by Gasteiger charge is 2.26. The van der Waals surface area contributed by atoms with E-state index < -0.39 is 11.7 Å². The quantitative estimate of drug-likeness (QED) is 0.401. The van der Waals surface area contributed by atoms with Crippen LogP contribution in [0.15, 0.2) is 67.1 Å². The average molecular weight is 523 g/mol. The van der Waals surface area contributed by atoms with Gasteiger partial charge in [-0.25, -0.2) is 9.78 Å². The number of ether oxygens (including phenoxy) is 1. The van der Waals surface area contributed by atoms with E-state index in [-0.39, 0.29) is 11.9 Å². The van der Waals surface area contributed by atoms with Crippen LogP contribution < -0.4 is 5.32 Å². The van der Waals surface area contributed by atoms with E-state index in [1.165, 1.54) is 0 Å². The van der Waals surface area contributed by atoms with Crippen LogP contribution in [0.2, 0.25) is 0 Å². The number of amides is 2. The van der Waals surface area contributed by atoms with E-state index in [0.717, 1.165) is 28.2 Å². The number of nitriles is 1. The molecule has 0 unspecified atom stereocenters. The van der Waals surface area contributed by atoms with Gasteiger partial charge in [-0.05, 0) is 57.9 Å². The Morgan fingerprint density at radius 1 is 0.974 bits per heavy atom. The molecule has 4 aromatic rings. The molecule has 1 aliphatic heterocycles. The maximum absolute atomic E-state index is 13.1. The Morgan fingerprint density at radius 3 is 2.28 bits per heavy atom. The number of aromatic nitrogens is 3. The van der Waals surface area contributed by atoms with Crippen molar-refractivity contribution in [2.75, 3.05) is 13.1 Å². The topological polar surface area (TPSA) is 113 Å². The zero-order valence-electron chi connectivity index (χ0n) is 22.2. The SMILES string of the molecule is CC(C)(C)OC(=O)NC1CCN(C(=O)c2ccc(-c3cn4c(-c5ccc(C#N)cc5)cnc4cn3)cc2)CC1. The lowest BCUT2D eigenvalue weighted by atomic mass is 10.0. The van der Waals surface area contributed by atoms with Crippen LogP contribution >= 0.6 is 0 Å². The molecule has 0 aliphatic carbocycles. The van der Waals surface area contributed by atoms with Crippen LogP contribution in [-0.4, -0.2) is 56.0 Å². The second kappa shape index (κ2) is 10.6. The number of fused-ring (bicyclic) bond motifs is 1. The highest BCUT2D eigenvalue weighted by Crippen LogP contribution is 2.25. The zero-order chi connectivity index (χ0) is 27.6. The van der Waals surface area contributed by atoms with E-state index in [1.807, 2.05) is 72.7 Å². The fourth-order valence-electron chi connectivity index (χ4n) is 4.63. The molecular formula is C30H30N6O3. The molecule has 9 heteroatoms. The van der Waals surface area contributed by atoms with Crippen LogP contribution in [0.4, 0.5) is 4.79 Å². The number of carbonyl (C=O) groups excluding carboxylic acids is 2. The van der Waals surface area contributed by atoms with Crippen molar-refractivity contribution in [2.24, 2.45) is 0 Å². The molecule has 0 radical (unpaired) electrons. The van der Waals surface area contributed by atoms with Crippen LogP contribution in [0.1, 0.15) is 49.5 Å². The first-order valence-corrected chi connectivity index (χ1v) is 12.9. The maximum atomic E-state index is 13.1. The van der Waals surface area contributed by atoms with Gasteiger partial charge in [0, 0.05) is 42.0 Å². The van der Waals surface area contributed by atoms with E-state index in [9.17, 15) is 9.59 Å². The Balaban J connectivity index is 1.25. The lowest BCUT2D eigenvalue weighted by Crippen LogP contribution is -2.47. The van der Waals surface area contributed by atoms with Gasteiger partial charge in [-0.15, -0.1) is 0 Å². The van der Waals surface area contributed by atoms with Gasteiger partial charge in [0.05, 0.1) is 35.4 Å². The van der Waals surface area contributed by atoms with Gasteiger partial charge in [-0.1, -0.05) is 24.3 Å². The van der Waals surface area contributed by atoms with Crippen LogP contribution in [-0.2, 0) is 4.74 Å². The fraction of sp³-hybridized carbons (Fsp3) is 0.300. The van der Waals surface area contributed by atoms with Crippen molar-refractivity contribution in [3.63, 3.8) is 0 Å². The summed E-state index contributed by atoms with van der Waals surface area (Å²) in [7, 11) is 0. The second-order valence-electron chi connectivity index (χ2n) is 10.6. The lowest BCUT2D eigenvalue weighted by molar-refractivity contribution is 0.0473. The average Bonchev–Trinajstić information content (AvgIpc) is 3.35. The van der Waals surface area contributed by atoms with Crippen molar-refractivity contribution in [1.82, 2.24) is 24.6 Å². The van der Waals surface area contributed by atoms with Gasteiger partial charge in [-0.3, -0.25) is 14.2 Å². The molecule has 0 saturated carbocycles. The van der Waals surface area contributed by atoms with Crippen LogP contribution in [0.3, 0.4) is 0 Å². The summed E-state index contributed by atoms with van der Waals surface area (Å²) in [5.74, 6) is -0.0293. The minimum atomic E-state index is -0.541. The summed E-state index contributed by atoms with van der Waals surface area (Å²) in [6.07, 6.45) is 6.37. The molecule has 2 aromatic heterocycles. The van der Waals surface area contributed by atoms with Crippen molar-refractivity contribution in [2.45, 2.75) is 45.3 Å². The van der Waals surface area contributed by atoms with Gasteiger partial charge >= 0.3 is 6.09 Å². The minimum Gasteiger partial charge on any atom is -0.444 e. The number of imidazole rings is 1. The molecule has 1 saturated heterocycles. The third-order valence-electron chi connectivity index (χ3n) is 6.64. The molecule has 2 aromatic carbocycles. The van der Waals surface area contributed by atoms with E-state index in [2.05, 4.69) is 21.4 Å². The molecule has 5 rings (SSSR count). The summed E-state index contributed by atoms with van der Waals surface area (Å²) in [6, 6.07) is 16.9. The largest absolute Gasteiger partial charge is 0.444 e. The Morgan fingerprint density at radius 2 is 1.64 bits per heavy atom. The molecule has 2 amide bonds. The highest BCUT2D eigenvalue weighted by molar-refractivity contribution is 5.94. The zero-order valence-corrected chi connectivity index (χ0v) is 22.2. The van der Waals surface area contributed by atoms with E-state index in [1.54, 1.807) is 24.5 Å². The summed E-state index contributed by atoms with van der Waals surface area (Å²) in [4.78, 5) is 36.0. The Hall–Kier alpha value is -4.71. The second-order valence-corrected chi connectivity index (χ2v) is 10.6. The monoisotopic (exact) mass is 522 g/mol. The molecule has 1 N–H and O–H groups in total. The molecule has 39 heavy (non-hydrogen) atoms. The molecule has 0 spiro atoms. The summed E-state index contributed by atoms with van der Waals surface area (Å²) in [6.45, 7) is 6.63. The van der Waals surface area contributed by atoms with Crippen molar-refractivity contribution in [3.8, 4) is 28.6 Å². The van der Waals surface area contributed by atoms with E-state index in [0.29, 0.717) is 37.1 Å². The van der Waals surface area contributed by atoms with Gasteiger partial charge in [0.15, 0.2) is 5.65 Å². The molecule has 1 aliphatic rings. The number of hydrogen-bond donors (Lipinski definition) is 1. The van der Waals surface area contributed by atoms with Crippen molar-refractivity contribution in [1.29, 1.82) is 5.26 Å². The van der Waals surface area contributed by atoms with Gasteiger partial charge in [0.25, 0.3) is 5.91 Å². The number of benzene rings is 2. The lowest BCUT2D eigenvalue weighted by Gasteiger charge is -2.33. The van der Waals surface area contributed by atoms with Crippen LogP contribution in [0.25, 0.3) is 28.2 Å². The van der Waals surface area contributed by atoms with Crippen LogP contribution in [0, 0.1) is 11.3 Å². The number of rotatable bonds is 4. The molecule has 1 fully saturated rings. The number of nitrogens with one attached hydrogen (secondary N) is 1. The Labute approximate surface area is 227 Å². The first-order chi connectivity index (χ1) is 18.7. The molecule has 0 bridgehead atoms. The van der Waals surface area contributed by atoms with Gasteiger partial charge < -0.3 is 15.0 Å². The smallest absolute Gasteiger partial charge is 0.407 e. The fourth-order valence-corrected chi connectivity index (χ4v) is 4.63. The predicted octanol–water partition coefficient (Wildman–Crippen LogP) is 5.06. The number of piperidine rings is 1. The number of hydrogen-bond acceptors (Lipinski definition) is 6. The molecule has 9 nitrogen and oxygen atoms in total. The third kappa shape index (κ3) is 5.91. The van der Waals surface area contributed by atoms with Crippen molar-refractivity contribution >= 4 is 17.6 Å². The number of likely N-dealkylation sites (tertiary alicyclic amines) is 1. The minimum absolute atomic E-state index is 0.00961. The third-order valence-corrected chi connectivity index (χ3v) is 6.64. The Kier molecular flexibility index (Phi) is 7.03. The first-order valence-electron chi connectivity index (χ1n) is 12.9. The first kappa shape index (κ1) is 25.9. The summed E-state index contributed by atoms with van der Waals surface area (Å²) in [5, 5.41) is 12.0. The van der Waals surface area contributed by atoms with Crippen molar-refractivity contribution < 1.29 is 14.3 Å². The number of nitrogens with zero attached hydrogens (tertiary/aromatic N) is 5. The summed E-state index contributed by atoms with van der Waals surface area (Å²) < 4.78 is 7.31. The van der Waals surface area contributed by atoms with Crippen LogP contribution in [0.5, 0.6) is 0 Å². The summed E-state index contributed by atoms with van der Waals surface area (Å²) in [5.41, 5.74) is 4.87. The van der Waals surface area contributed by atoms with E-state index in [4.69, 9.17) is 10.00 Å².